The zero-order valence-corrected chi connectivity index (χ0v) is 8.68. The van der Waals surface area contributed by atoms with E-state index in [-0.39, 0.29) is 6.42 Å². The van der Waals surface area contributed by atoms with Crippen LogP contribution in [0.25, 0.3) is 0 Å². The van der Waals surface area contributed by atoms with E-state index in [0.29, 0.717) is 13.1 Å². The molecule has 0 saturated carbocycles. The first-order valence-corrected chi connectivity index (χ1v) is 4.72. The Bertz CT molecular complexity index is 341. The van der Waals surface area contributed by atoms with Gasteiger partial charge >= 0.3 is 5.97 Å². The summed E-state index contributed by atoms with van der Waals surface area (Å²) >= 11 is 0. The van der Waals surface area contributed by atoms with E-state index in [4.69, 9.17) is 10.8 Å². The van der Waals surface area contributed by atoms with E-state index < -0.39 is 5.97 Å². The van der Waals surface area contributed by atoms with Gasteiger partial charge in [-0.15, -0.1) is 0 Å². The summed E-state index contributed by atoms with van der Waals surface area (Å²) < 4.78 is 0. The molecule has 82 valence electrons. The van der Waals surface area contributed by atoms with Crippen molar-refractivity contribution in [2.45, 2.75) is 13.0 Å². The third-order valence-electron chi connectivity index (χ3n) is 2.11. The molecule has 0 spiro atoms. The summed E-state index contributed by atoms with van der Waals surface area (Å²) in [5, 5.41) is 8.56. The molecule has 0 amide bonds. The van der Waals surface area contributed by atoms with Crippen LogP contribution >= 0.6 is 0 Å². The predicted molar refractivity (Wildman–Crippen MR) is 57.7 cm³/mol. The number of carbonyl (C=O) groups is 1. The minimum absolute atomic E-state index is 0.0943. The molecule has 15 heavy (non-hydrogen) atoms. The first-order chi connectivity index (χ1) is 7.15. The van der Waals surface area contributed by atoms with E-state index in [0.717, 1.165) is 11.4 Å². The largest absolute Gasteiger partial charge is 0.481 e. The van der Waals surface area contributed by atoms with Crippen LogP contribution in [0.5, 0.6) is 0 Å². The summed E-state index contributed by atoms with van der Waals surface area (Å²) in [5.41, 5.74) is 6.48. The van der Waals surface area contributed by atoms with Crippen LogP contribution in [-0.4, -0.2) is 29.7 Å². The molecule has 0 aliphatic carbocycles. The van der Waals surface area contributed by atoms with Crippen LogP contribution in [0.15, 0.2) is 18.3 Å². The summed E-state index contributed by atoms with van der Waals surface area (Å²) in [6.07, 6.45) is 1.77. The Morgan fingerprint density at radius 1 is 1.67 bits per heavy atom. The van der Waals surface area contributed by atoms with Crippen molar-refractivity contribution in [1.29, 1.82) is 0 Å². The molecule has 1 aromatic heterocycles. The van der Waals surface area contributed by atoms with Crippen LogP contribution in [0.3, 0.4) is 0 Å². The van der Waals surface area contributed by atoms with E-state index in [1.54, 1.807) is 11.1 Å². The van der Waals surface area contributed by atoms with Crippen molar-refractivity contribution < 1.29 is 9.90 Å². The van der Waals surface area contributed by atoms with Crippen molar-refractivity contribution >= 4 is 11.8 Å². The number of rotatable bonds is 5. The van der Waals surface area contributed by atoms with Gasteiger partial charge in [0.05, 0.1) is 6.42 Å². The Kier molecular flexibility index (Phi) is 4.05. The van der Waals surface area contributed by atoms with E-state index in [2.05, 4.69) is 4.98 Å². The lowest BCUT2D eigenvalue weighted by molar-refractivity contribution is -0.136. The number of carboxylic acid groups (broad SMARTS) is 1. The molecule has 1 aromatic rings. The number of anilines is 1. The number of nitrogens with zero attached hydrogens (tertiary/aromatic N) is 2. The van der Waals surface area contributed by atoms with E-state index in [1.165, 1.54) is 0 Å². The summed E-state index contributed by atoms with van der Waals surface area (Å²) in [7, 11) is 1.81. The predicted octanol–water partition coefficient (Wildman–Crippen LogP) is 0.451. The summed E-state index contributed by atoms with van der Waals surface area (Å²) in [6, 6.07) is 3.70. The molecule has 0 bridgehead atoms. The maximum absolute atomic E-state index is 10.4. The van der Waals surface area contributed by atoms with Crippen LogP contribution in [0.1, 0.15) is 12.0 Å². The number of hydrogen-bond acceptors (Lipinski definition) is 4. The Hall–Kier alpha value is -1.62. The maximum Gasteiger partial charge on any atom is 0.305 e. The van der Waals surface area contributed by atoms with Gasteiger partial charge in [-0.05, 0) is 6.07 Å². The molecule has 0 atom stereocenters. The monoisotopic (exact) mass is 209 g/mol. The van der Waals surface area contributed by atoms with Gasteiger partial charge in [-0.25, -0.2) is 4.98 Å². The lowest BCUT2D eigenvalue weighted by Crippen LogP contribution is -2.23. The zero-order chi connectivity index (χ0) is 11.3. The normalized spacial score (nSPS) is 10.0. The van der Waals surface area contributed by atoms with Gasteiger partial charge in [-0.2, -0.15) is 0 Å². The SMILES string of the molecule is CN(CCC(=O)O)c1ncccc1CN. The fourth-order valence-electron chi connectivity index (χ4n) is 1.30. The van der Waals surface area contributed by atoms with Gasteiger partial charge in [-0.3, -0.25) is 4.79 Å². The van der Waals surface area contributed by atoms with Crippen LogP contribution in [0.4, 0.5) is 5.82 Å². The van der Waals surface area contributed by atoms with Gasteiger partial charge in [0.25, 0.3) is 0 Å². The molecule has 1 heterocycles. The fraction of sp³-hybridized carbons (Fsp3) is 0.400. The molecular weight excluding hydrogens is 194 g/mol. The third kappa shape index (κ3) is 3.21. The molecule has 5 nitrogen and oxygen atoms in total. The number of aliphatic carboxylic acids is 1. The number of carboxylic acids is 1. The molecule has 0 saturated heterocycles. The van der Waals surface area contributed by atoms with E-state index >= 15 is 0 Å². The van der Waals surface area contributed by atoms with Crippen LogP contribution in [0, 0.1) is 0 Å². The molecule has 1 rings (SSSR count). The maximum atomic E-state index is 10.4. The lowest BCUT2D eigenvalue weighted by Gasteiger charge is -2.19. The smallest absolute Gasteiger partial charge is 0.305 e. The standard InChI is InChI=1S/C10H15N3O2/c1-13(6-4-9(14)15)10-8(7-11)3-2-5-12-10/h2-3,5H,4,6-7,11H2,1H3,(H,14,15). The van der Waals surface area contributed by atoms with Crippen molar-refractivity contribution in [2.24, 2.45) is 5.73 Å². The molecule has 3 N–H and O–H groups in total. The second-order valence-electron chi connectivity index (χ2n) is 3.26. The fourth-order valence-corrected chi connectivity index (χ4v) is 1.30. The summed E-state index contributed by atoms with van der Waals surface area (Å²) in [6.45, 7) is 0.833. The highest BCUT2D eigenvalue weighted by atomic mass is 16.4. The number of pyridine rings is 1. The summed E-state index contributed by atoms with van der Waals surface area (Å²) in [5.74, 6) is -0.0617. The average molecular weight is 209 g/mol. The Balaban J connectivity index is 2.72. The van der Waals surface area contributed by atoms with Gasteiger partial charge < -0.3 is 15.7 Å². The Morgan fingerprint density at radius 2 is 2.40 bits per heavy atom. The average Bonchev–Trinajstić information content (AvgIpc) is 2.25. The lowest BCUT2D eigenvalue weighted by atomic mass is 10.2. The molecule has 0 aliphatic rings. The number of hydrogen-bond donors (Lipinski definition) is 2. The Morgan fingerprint density at radius 3 is 3.00 bits per heavy atom. The molecule has 0 fully saturated rings. The second kappa shape index (κ2) is 5.31. The van der Waals surface area contributed by atoms with Gasteiger partial charge in [-0.1, -0.05) is 6.07 Å². The van der Waals surface area contributed by atoms with Crippen molar-refractivity contribution in [3.05, 3.63) is 23.9 Å². The first kappa shape index (κ1) is 11.5. The minimum Gasteiger partial charge on any atom is -0.481 e. The van der Waals surface area contributed by atoms with Crippen molar-refractivity contribution in [3.8, 4) is 0 Å². The molecule has 0 radical (unpaired) electrons. The van der Waals surface area contributed by atoms with Gasteiger partial charge in [0.2, 0.25) is 0 Å². The van der Waals surface area contributed by atoms with Crippen LogP contribution < -0.4 is 10.6 Å². The van der Waals surface area contributed by atoms with Crippen LogP contribution in [0.2, 0.25) is 0 Å². The van der Waals surface area contributed by atoms with E-state index in [9.17, 15) is 4.79 Å². The Labute approximate surface area is 88.5 Å². The van der Waals surface area contributed by atoms with Crippen LogP contribution in [-0.2, 0) is 11.3 Å². The van der Waals surface area contributed by atoms with Crippen molar-refractivity contribution in [1.82, 2.24) is 4.98 Å². The highest BCUT2D eigenvalue weighted by Gasteiger charge is 2.08. The summed E-state index contributed by atoms with van der Waals surface area (Å²) in [4.78, 5) is 16.4. The van der Waals surface area contributed by atoms with Gasteiger partial charge in [0, 0.05) is 31.9 Å². The minimum atomic E-state index is -0.813. The second-order valence-corrected chi connectivity index (χ2v) is 3.26. The quantitative estimate of drug-likeness (QED) is 0.736. The highest BCUT2D eigenvalue weighted by molar-refractivity contribution is 5.67. The first-order valence-electron chi connectivity index (χ1n) is 4.72. The molecule has 0 aliphatic heterocycles. The third-order valence-corrected chi connectivity index (χ3v) is 2.11. The molecule has 0 unspecified atom stereocenters. The molecule has 5 heteroatoms. The van der Waals surface area contributed by atoms with Crippen molar-refractivity contribution in [3.63, 3.8) is 0 Å². The topological polar surface area (TPSA) is 79.5 Å². The van der Waals surface area contributed by atoms with Gasteiger partial charge in [0.15, 0.2) is 0 Å². The number of nitrogens with two attached hydrogens (primary N) is 1. The zero-order valence-electron chi connectivity index (χ0n) is 8.68. The number of aromatic nitrogens is 1. The molecular formula is C10H15N3O2. The highest BCUT2D eigenvalue weighted by Crippen LogP contribution is 2.14. The van der Waals surface area contributed by atoms with E-state index in [1.807, 2.05) is 19.2 Å². The van der Waals surface area contributed by atoms with Crippen molar-refractivity contribution in [2.75, 3.05) is 18.5 Å². The molecule has 0 aromatic carbocycles. The van der Waals surface area contributed by atoms with Gasteiger partial charge in [0.1, 0.15) is 5.82 Å².